The maximum Gasteiger partial charge on any atom is 0.220 e. The molecule has 0 bridgehead atoms. The Morgan fingerprint density at radius 2 is 2.38 bits per heavy atom. The molecule has 3 N–H and O–H groups in total. The van der Waals surface area contributed by atoms with Crippen LogP contribution in [0.5, 0.6) is 0 Å². The summed E-state index contributed by atoms with van der Waals surface area (Å²) in [5.74, 6) is 0.136. The van der Waals surface area contributed by atoms with Crippen molar-refractivity contribution in [3.05, 3.63) is 0 Å². The fraction of sp³-hybridized carbons (Fsp3) is 0.889. The quantitative estimate of drug-likeness (QED) is 0.561. The van der Waals surface area contributed by atoms with Gasteiger partial charge in [-0.05, 0) is 20.3 Å². The Morgan fingerprint density at radius 3 is 2.85 bits per heavy atom. The lowest BCUT2D eigenvalue weighted by Crippen LogP contribution is -2.43. The van der Waals surface area contributed by atoms with Crippen molar-refractivity contribution >= 4 is 5.91 Å². The van der Waals surface area contributed by atoms with Gasteiger partial charge < -0.3 is 15.7 Å². The Kier molecular flexibility index (Phi) is 3.69. The Labute approximate surface area is 78.7 Å². The number of aliphatic hydroxyl groups is 1. The second-order valence-corrected chi connectivity index (χ2v) is 3.74. The second kappa shape index (κ2) is 4.58. The zero-order valence-corrected chi connectivity index (χ0v) is 8.21. The van der Waals surface area contributed by atoms with Crippen molar-refractivity contribution in [2.24, 2.45) is 0 Å². The Morgan fingerprint density at radius 1 is 1.69 bits per heavy atom. The normalized spacial score (nSPS) is 27.0. The zero-order chi connectivity index (χ0) is 9.84. The van der Waals surface area contributed by atoms with Gasteiger partial charge >= 0.3 is 0 Å². The molecule has 3 unspecified atom stereocenters. The third-order valence-electron chi connectivity index (χ3n) is 2.49. The van der Waals surface area contributed by atoms with Crippen LogP contribution in [0.25, 0.3) is 0 Å². The molecule has 3 atom stereocenters. The molecule has 76 valence electrons. The molecule has 1 fully saturated rings. The van der Waals surface area contributed by atoms with Crippen LogP contribution in [0.1, 0.15) is 26.7 Å². The smallest absolute Gasteiger partial charge is 0.220 e. The highest BCUT2D eigenvalue weighted by atomic mass is 16.3. The van der Waals surface area contributed by atoms with E-state index in [1.54, 1.807) is 6.92 Å². The van der Waals surface area contributed by atoms with Crippen LogP contribution < -0.4 is 10.6 Å². The predicted molar refractivity (Wildman–Crippen MR) is 50.3 cm³/mol. The summed E-state index contributed by atoms with van der Waals surface area (Å²) in [5, 5.41) is 15.2. The van der Waals surface area contributed by atoms with Crippen molar-refractivity contribution < 1.29 is 9.90 Å². The number of amides is 1. The minimum absolute atomic E-state index is 0.0810. The van der Waals surface area contributed by atoms with Crippen molar-refractivity contribution in [1.82, 2.24) is 10.6 Å². The number of rotatable bonds is 4. The minimum atomic E-state index is -0.350. The topological polar surface area (TPSA) is 61.4 Å². The van der Waals surface area contributed by atoms with Gasteiger partial charge in [-0.1, -0.05) is 0 Å². The van der Waals surface area contributed by atoms with E-state index in [-0.39, 0.29) is 24.1 Å². The van der Waals surface area contributed by atoms with Crippen LogP contribution in [0.3, 0.4) is 0 Å². The lowest BCUT2D eigenvalue weighted by molar-refractivity contribution is -0.119. The van der Waals surface area contributed by atoms with E-state index in [4.69, 9.17) is 0 Å². The Bertz CT molecular complexity index is 182. The molecular formula is C9H18N2O2. The van der Waals surface area contributed by atoms with E-state index in [2.05, 4.69) is 10.6 Å². The first-order chi connectivity index (χ1) is 6.09. The molecule has 1 rings (SSSR count). The number of carbonyl (C=O) groups excluding carboxylic acids is 1. The summed E-state index contributed by atoms with van der Waals surface area (Å²) in [6.07, 6.45) is 1.19. The molecule has 0 radical (unpaired) electrons. The van der Waals surface area contributed by atoms with Crippen LogP contribution in [-0.4, -0.2) is 35.7 Å². The van der Waals surface area contributed by atoms with E-state index in [9.17, 15) is 9.90 Å². The van der Waals surface area contributed by atoms with Crippen LogP contribution in [0.4, 0.5) is 0 Å². The number of nitrogens with one attached hydrogen (secondary N) is 2. The van der Waals surface area contributed by atoms with E-state index in [1.807, 2.05) is 6.92 Å². The van der Waals surface area contributed by atoms with Crippen molar-refractivity contribution in [1.29, 1.82) is 0 Å². The molecule has 0 aliphatic carbocycles. The van der Waals surface area contributed by atoms with Crippen molar-refractivity contribution in [3.8, 4) is 0 Å². The molecule has 0 saturated carbocycles. The van der Waals surface area contributed by atoms with Gasteiger partial charge in [-0.3, -0.25) is 4.79 Å². The van der Waals surface area contributed by atoms with Crippen LogP contribution in [-0.2, 0) is 4.79 Å². The molecule has 1 aliphatic heterocycles. The average Bonchev–Trinajstić information content (AvgIpc) is 2.47. The van der Waals surface area contributed by atoms with Crippen molar-refractivity contribution in [3.63, 3.8) is 0 Å². The summed E-state index contributed by atoms with van der Waals surface area (Å²) in [6, 6.07) is 0.325. The van der Waals surface area contributed by atoms with Gasteiger partial charge in [0.25, 0.3) is 0 Å². The fourth-order valence-corrected chi connectivity index (χ4v) is 1.33. The second-order valence-electron chi connectivity index (χ2n) is 3.74. The van der Waals surface area contributed by atoms with Gasteiger partial charge in [0.15, 0.2) is 0 Å². The lowest BCUT2D eigenvalue weighted by atomic mass is 10.2. The van der Waals surface area contributed by atoms with Gasteiger partial charge in [0.05, 0.1) is 6.10 Å². The van der Waals surface area contributed by atoms with E-state index in [0.29, 0.717) is 6.42 Å². The Hall–Kier alpha value is -0.610. The van der Waals surface area contributed by atoms with E-state index in [0.717, 1.165) is 13.0 Å². The van der Waals surface area contributed by atoms with Gasteiger partial charge in [-0.2, -0.15) is 0 Å². The minimum Gasteiger partial charge on any atom is -0.392 e. The first kappa shape index (κ1) is 10.5. The summed E-state index contributed by atoms with van der Waals surface area (Å²) in [7, 11) is 0. The summed E-state index contributed by atoms with van der Waals surface area (Å²) in [5.41, 5.74) is 0. The van der Waals surface area contributed by atoms with Gasteiger partial charge in [0, 0.05) is 25.0 Å². The molecular weight excluding hydrogens is 168 g/mol. The molecule has 1 aliphatic rings. The highest BCUT2D eigenvalue weighted by Gasteiger charge is 2.21. The van der Waals surface area contributed by atoms with Crippen molar-refractivity contribution in [2.45, 2.75) is 44.9 Å². The fourth-order valence-electron chi connectivity index (χ4n) is 1.33. The van der Waals surface area contributed by atoms with Gasteiger partial charge in [-0.15, -0.1) is 0 Å². The summed E-state index contributed by atoms with van der Waals surface area (Å²) < 4.78 is 0. The molecule has 1 saturated heterocycles. The molecule has 1 heterocycles. The molecule has 1 amide bonds. The third-order valence-corrected chi connectivity index (χ3v) is 2.49. The van der Waals surface area contributed by atoms with E-state index < -0.39 is 0 Å². The molecule has 0 aromatic rings. The highest BCUT2D eigenvalue weighted by molar-refractivity contribution is 5.78. The summed E-state index contributed by atoms with van der Waals surface area (Å²) >= 11 is 0. The van der Waals surface area contributed by atoms with E-state index in [1.165, 1.54) is 0 Å². The molecule has 4 heteroatoms. The molecule has 0 aromatic heterocycles. The van der Waals surface area contributed by atoms with Gasteiger partial charge in [0.1, 0.15) is 0 Å². The van der Waals surface area contributed by atoms with Crippen LogP contribution in [0.15, 0.2) is 0 Å². The molecule has 0 aromatic carbocycles. The van der Waals surface area contributed by atoms with Crippen LogP contribution in [0, 0.1) is 0 Å². The van der Waals surface area contributed by atoms with Gasteiger partial charge in [0.2, 0.25) is 5.91 Å². The number of carbonyl (C=O) groups is 1. The average molecular weight is 186 g/mol. The third kappa shape index (κ3) is 3.32. The first-order valence-corrected chi connectivity index (χ1v) is 4.80. The van der Waals surface area contributed by atoms with Gasteiger partial charge in [-0.25, -0.2) is 0 Å². The number of hydrogen-bond acceptors (Lipinski definition) is 3. The van der Waals surface area contributed by atoms with Crippen LogP contribution in [0.2, 0.25) is 0 Å². The zero-order valence-electron chi connectivity index (χ0n) is 8.21. The van der Waals surface area contributed by atoms with Crippen molar-refractivity contribution in [2.75, 3.05) is 6.54 Å². The molecule has 13 heavy (non-hydrogen) atoms. The van der Waals surface area contributed by atoms with E-state index >= 15 is 0 Å². The standard InChI is InChI=1S/C9H18N2O2/c1-6(7(2)12)10-5-8-3-4-9(13)11-8/h6-8,10,12H,3-5H2,1-2H3,(H,11,13). The first-order valence-electron chi connectivity index (χ1n) is 4.80. The highest BCUT2D eigenvalue weighted by Crippen LogP contribution is 2.05. The number of hydrogen-bond donors (Lipinski definition) is 3. The summed E-state index contributed by atoms with van der Waals surface area (Å²) in [4.78, 5) is 10.8. The Balaban J connectivity index is 2.16. The largest absolute Gasteiger partial charge is 0.392 e. The summed E-state index contributed by atoms with van der Waals surface area (Å²) in [6.45, 7) is 4.43. The monoisotopic (exact) mass is 186 g/mol. The van der Waals surface area contributed by atoms with Crippen LogP contribution >= 0.6 is 0 Å². The SMILES string of the molecule is CC(O)C(C)NCC1CCC(=O)N1. The lowest BCUT2D eigenvalue weighted by Gasteiger charge is -2.19. The number of aliphatic hydroxyl groups excluding tert-OH is 1. The maximum absolute atomic E-state index is 10.8. The predicted octanol–water partition coefficient (Wildman–Crippen LogP) is -0.376. The molecule has 0 spiro atoms. The molecule has 4 nitrogen and oxygen atoms in total. The maximum atomic E-state index is 10.8.